The minimum Gasteiger partial charge on any atom is -0.490 e. The molecule has 2 aliphatic carbocycles. The lowest BCUT2D eigenvalue weighted by Crippen LogP contribution is -2.21. The Morgan fingerprint density at radius 1 is 0.833 bits per heavy atom. The Morgan fingerprint density at radius 3 is 2.48 bits per heavy atom. The van der Waals surface area contributed by atoms with Gasteiger partial charge in [0.15, 0.2) is 0 Å². The van der Waals surface area contributed by atoms with E-state index in [0.717, 1.165) is 41.9 Å². The SMILES string of the molecule is C=CCOc1ccc2c3c(ccc2c1)Oc1ccc2c(c1C3C1=CC=C(c3ccccc3)CC1)C=CC(OCC=C)C2. The lowest BCUT2D eigenvalue weighted by molar-refractivity contribution is 0.109. The van der Waals surface area contributed by atoms with Gasteiger partial charge in [-0.15, -0.1) is 6.58 Å². The van der Waals surface area contributed by atoms with Gasteiger partial charge in [-0.2, -0.15) is 0 Å². The zero-order valence-corrected chi connectivity index (χ0v) is 23.7. The van der Waals surface area contributed by atoms with Gasteiger partial charge in [0, 0.05) is 23.5 Å². The molecule has 0 bridgehead atoms. The highest BCUT2D eigenvalue weighted by Gasteiger charge is 2.35. The van der Waals surface area contributed by atoms with E-state index < -0.39 is 0 Å². The maximum absolute atomic E-state index is 6.68. The molecular formula is C39H34O3. The first-order valence-corrected chi connectivity index (χ1v) is 14.7. The summed E-state index contributed by atoms with van der Waals surface area (Å²) in [4.78, 5) is 0. The highest BCUT2D eigenvalue weighted by atomic mass is 16.5. The number of hydrogen-bond acceptors (Lipinski definition) is 3. The highest BCUT2D eigenvalue weighted by molar-refractivity contribution is 5.92. The Balaban J connectivity index is 1.39. The molecule has 2 atom stereocenters. The van der Waals surface area contributed by atoms with Gasteiger partial charge in [0.05, 0.1) is 12.7 Å². The van der Waals surface area contributed by atoms with Crippen molar-refractivity contribution in [3.8, 4) is 17.2 Å². The first-order valence-electron chi connectivity index (χ1n) is 14.7. The van der Waals surface area contributed by atoms with Crippen LogP contribution in [0.1, 0.15) is 46.6 Å². The normalized spacial score (nSPS) is 18.6. The molecular weight excluding hydrogens is 516 g/mol. The fourth-order valence-electron chi connectivity index (χ4n) is 6.58. The van der Waals surface area contributed by atoms with E-state index in [9.17, 15) is 0 Å². The first kappa shape index (κ1) is 26.3. The molecule has 7 rings (SSSR count). The van der Waals surface area contributed by atoms with Crippen LogP contribution in [0.3, 0.4) is 0 Å². The van der Waals surface area contributed by atoms with E-state index in [4.69, 9.17) is 14.2 Å². The number of allylic oxidation sites excluding steroid dienone is 4. The molecule has 0 amide bonds. The fraction of sp³-hybridized carbons (Fsp3) is 0.179. The predicted molar refractivity (Wildman–Crippen MR) is 172 cm³/mol. The molecule has 4 aromatic carbocycles. The number of rotatable bonds is 8. The van der Waals surface area contributed by atoms with E-state index in [1.165, 1.54) is 44.3 Å². The molecule has 0 spiro atoms. The Hall–Kier alpha value is -4.60. The average Bonchev–Trinajstić information content (AvgIpc) is 3.05. The van der Waals surface area contributed by atoms with Crippen molar-refractivity contribution in [1.29, 1.82) is 0 Å². The lowest BCUT2D eigenvalue weighted by atomic mass is 9.73. The van der Waals surface area contributed by atoms with Crippen LogP contribution in [0.25, 0.3) is 22.4 Å². The number of fused-ring (bicyclic) bond motifs is 6. The van der Waals surface area contributed by atoms with E-state index in [1.807, 2.05) is 6.08 Å². The van der Waals surface area contributed by atoms with Crippen molar-refractivity contribution in [2.75, 3.05) is 13.2 Å². The van der Waals surface area contributed by atoms with Gasteiger partial charge in [-0.25, -0.2) is 0 Å². The molecule has 0 N–H and O–H groups in total. The molecule has 3 nitrogen and oxygen atoms in total. The van der Waals surface area contributed by atoms with Crippen LogP contribution in [0.15, 0.2) is 122 Å². The van der Waals surface area contributed by atoms with Crippen LogP contribution in [-0.2, 0) is 11.2 Å². The molecule has 0 fully saturated rings. The van der Waals surface area contributed by atoms with Gasteiger partial charge in [0.1, 0.15) is 23.9 Å². The summed E-state index contributed by atoms with van der Waals surface area (Å²) in [6.07, 6.45) is 15.6. The molecule has 3 heteroatoms. The van der Waals surface area contributed by atoms with Gasteiger partial charge in [-0.1, -0.05) is 97.1 Å². The third kappa shape index (κ3) is 4.80. The van der Waals surface area contributed by atoms with Crippen LogP contribution in [0.4, 0.5) is 0 Å². The monoisotopic (exact) mass is 550 g/mol. The van der Waals surface area contributed by atoms with Crippen molar-refractivity contribution in [1.82, 2.24) is 0 Å². The average molecular weight is 551 g/mol. The topological polar surface area (TPSA) is 27.7 Å². The van der Waals surface area contributed by atoms with Gasteiger partial charge < -0.3 is 14.2 Å². The highest BCUT2D eigenvalue weighted by Crippen LogP contribution is 2.54. The molecule has 4 aromatic rings. The molecule has 0 radical (unpaired) electrons. The van der Waals surface area contributed by atoms with Crippen molar-refractivity contribution in [2.45, 2.75) is 31.3 Å². The number of hydrogen-bond donors (Lipinski definition) is 0. The van der Waals surface area contributed by atoms with Crippen LogP contribution < -0.4 is 9.47 Å². The number of benzene rings is 4. The summed E-state index contributed by atoms with van der Waals surface area (Å²) in [6, 6.07) is 25.7. The summed E-state index contributed by atoms with van der Waals surface area (Å²) >= 11 is 0. The second-order valence-electron chi connectivity index (χ2n) is 11.1. The summed E-state index contributed by atoms with van der Waals surface area (Å²) in [7, 11) is 0. The molecule has 1 heterocycles. The molecule has 1 aliphatic heterocycles. The van der Waals surface area contributed by atoms with Gasteiger partial charge in [0.2, 0.25) is 0 Å². The minimum atomic E-state index is 0.0453. The zero-order chi connectivity index (χ0) is 28.5. The standard InChI is InChI=1S/C39H34O3/c1-3-22-40-31-16-18-33-29(24-31)14-20-35-38(33)37(28-12-10-27(11-13-28)26-8-6-5-7-9-26)39-34-19-17-32(41-23-4-2)25-30(34)15-21-36(39)42-35/h3-10,12,14-21,24,32,37H,1-2,11,13,22-23,25H2. The summed E-state index contributed by atoms with van der Waals surface area (Å²) in [5, 5.41) is 2.33. The summed E-state index contributed by atoms with van der Waals surface area (Å²) in [5.41, 5.74) is 9.11. The molecule has 0 aromatic heterocycles. The fourth-order valence-corrected chi connectivity index (χ4v) is 6.58. The third-order valence-corrected chi connectivity index (χ3v) is 8.52. The quantitative estimate of drug-likeness (QED) is 0.204. The molecule has 208 valence electrons. The van der Waals surface area contributed by atoms with Gasteiger partial charge >= 0.3 is 0 Å². The Kier molecular flexibility index (Phi) is 7.11. The van der Waals surface area contributed by atoms with E-state index in [1.54, 1.807) is 6.08 Å². The first-order chi connectivity index (χ1) is 20.7. The van der Waals surface area contributed by atoms with Crippen molar-refractivity contribution in [2.24, 2.45) is 0 Å². The van der Waals surface area contributed by atoms with Crippen LogP contribution in [-0.4, -0.2) is 19.3 Å². The molecule has 42 heavy (non-hydrogen) atoms. The lowest BCUT2D eigenvalue weighted by Gasteiger charge is -2.35. The smallest absolute Gasteiger partial charge is 0.132 e. The van der Waals surface area contributed by atoms with E-state index in [0.29, 0.717) is 13.2 Å². The van der Waals surface area contributed by atoms with Crippen LogP contribution >= 0.6 is 0 Å². The van der Waals surface area contributed by atoms with E-state index in [2.05, 4.69) is 110 Å². The van der Waals surface area contributed by atoms with E-state index >= 15 is 0 Å². The van der Waals surface area contributed by atoms with Gasteiger partial charge in [-0.05, 0) is 70.1 Å². The maximum Gasteiger partial charge on any atom is 0.132 e. The summed E-state index contributed by atoms with van der Waals surface area (Å²) in [5.74, 6) is 2.77. The Labute approximate surface area is 247 Å². The number of ether oxygens (including phenoxy) is 3. The van der Waals surface area contributed by atoms with E-state index in [-0.39, 0.29) is 12.0 Å². The molecule has 0 saturated carbocycles. The molecule has 2 unspecified atom stereocenters. The molecule has 3 aliphatic rings. The van der Waals surface area contributed by atoms with Crippen LogP contribution in [0.2, 0.25) is 0 Å². The Morgan fingerprint density at radius 2 is 1.67 bits per heavy atom. The summed E-state index contributed by atoms with van der Waals surface area (Å²) in [6.45, 7) is 8.62. The van der Waals surface area contributed by atoms with Crippen molar-refractivity contribution in [3.63, 3.8) is 0 Å². The third-order valence-electron chi connectivity index (χ3n) is 8.52. The molecule has 0 saturated heterocycles. The maximum atomic E-state index is 6.68. The van der Waals surface area contributed by atoms with Crippen molar-refractivity contribution >= 4 is 22.4 Å². The second kappa shape index (κ2) is 11.3. The van der Waals surface area contributed by atoms with Crippen LogP contribution in [0.5, 0.6) is 17.2 Å². The predicted octanol–water partition coefficient (Wildman–Crippen LogP) is 9.59. The van der Waals surface area contributed by atoms with Crippen molar-refractivity contribution in [3.05, 3.63) is 150 Å². The van der Waals surface area contributed by atoms with Crippen LogP contribution in [0, 0.1) is 0 Å². The summed E-state index contributed by atoms with van der Waals surface area (Å²) < 4.78 is 18.6. The Bertz CT molecular complexity index is 1770. The largest absolute Gasteiger partial charge is 0.490 e. The van der Waals surface area contributed by atoms with Gasteiger partial charge in [0.25, 0.3) is 0 Å². The second-order valence-corrected chi connectivity index (χ2v) is 11.1. The van der Waals surface area contributed by atoms with Crippen molar-refractivity contribution < 1.29 is 14.2 Å². The van der Waals surface area contributed by atoms with Gasteiger partial charge in [-0.3, -0.25) is 0 Å². The zero-order valence-electron chi connectivity index (χ0n) is 23.7. The minimum absolute atomic E-state index is 0.0453.